The van der Waals surface area contributed by atoms with Gasteiger partial charge in [-0.2, -0.15) is 0 Å². The highest BCUT2D eigenvalue weighted by Crippen LogP contribution is 2.33. The molecule has 3 aromatic carbocycles. The van der Waals surface area contributed by atoms with Crippen LogP contribution < -0.4 is 5.32 Å². The lowest BCUT2D eigenvalue weighted by Gasteiger charge is -2.29. The zero-order chi connectivity index (χ0) is 20.7. The van der Waals surface area contributed by atoms with Crippen molar-refractivity contribution in [1.29, 1.82) is 0 Å². The molecule has 0 unspecified atom stereocenters. The summed E-state index contributed by atoms with van der Waals surface area (Å²) in [6, 6.07) is 28.1. The first-order chi connectivity index (χ1) is 14.1. The summed E-state index contributed by atoms with van der Waals surface area (Å²) < 4.78 is 0. The molecule has 0 saturated carbocycles. The van der Waals surface area contributed by atoms with Gasteiger partial charge in [-0.05, 0) is 48.8 Å². The van der Waals surface area contributed by atoms with Crippen molar-refractivity contribution in [3.05, 3.63) is 102 Å². The van der Waals surface area contributed by atoms with E-state index in [2.05, 4.69) is 36.2 Å². The van der Waals surface area contributed by atoms with Crippen LogP contribution in [0.15, 0.2) is 84.9 Å². The Kier molecular flexibility index (Phi) is 6.84. The Morgan fingerprint density at radius 2 is 1.28 bits per heavy atom. The van der Waals surface area contributed by atoms with Crippen molar-refractivity contribution in [1.82, 2.24) is 4.90 Å². The van der Waals surface area contributed by atoms with Crippen LogP contribution in [0.2, 0.25) is 0 Å². The number of amides is 1. The molecule has 0 bridgehead atoms. The Morgan fingerprint density at radius 3 is 1.72 bits per heavy atom. The standard InChI is InChI=1S/C26H30N2O/c1-4-28(5-2)20-21-16-18-24(19-17-21)27-25(29)26(3,22-12-8-6-9-13-22)23-14-10-7-11-15-23/h6-19H,4-5,20H2,1-3H3,(H,27,29). The highest BCUT2D eigenvalue weighted by molar-refractivity contribution is 6.01. The van der Waals surface area contributed by atoms with E-state index in [0.29, 0.717) is 0 Å². The minimum absolute atomic E-state index is 0.0357. The van der Waals surface area contributed by atoms with Crippen LogP contribution in [0.1, 0.15) is 37.5 Å². The molecule has 1 N–H and O–H groups in total. The van der Waals surface area contributed by atoms with Gasteiger partial charge in [-0.1, -0.05) is 86.6 Å². The lowest BCUT2D eigenvalue weighted by atomic mass is 9.75. The van der Waals surface area contributed by atoms with E-state index in [1.165, 1.54) is 5.56 Å². The van der Waals surface area contributed by atoms with E-state index in [0.717, 1.165) is 36.4 Å². The van der Waals surface area contributed by atoms with Gasteiger partial charge in [0.1, 0.15) is 0 Å². The first-order valence-corrected chi connectivity index (χ1v) is 10.3. The molecule has 150 valence electrons. The van der Waals surface area contributed by atoms with Gasteiger partial charge in [0, 0.05) is 12.2 Å². The Labute approximate surface area is 174 Å². The van der Waals surface area contributed by atoms with Crippen molar-refractivity contribution in [2.45, 2.75) is 32.7 Å². The lowest BCUT2D eigenvalue weighted by molar-refractivity contribution is -0.119. The number of nitrogens with one attached hydrogen (secondary N) is 1. The molecular formula is C26H30N2O. The van der Waals surface area contributed by atoms with E-state index in [-0.39, 0.29) is 5.91 Å². The second kappa shape index (κ2) is 9.53. The van der Waals surface area contributed by atoms with Crippen LogP contribution in [0, 0.1) is 0 Å². The molecule has 3 aromatic rings. The maximum absolute atomic E-state index is 13.5. The molecule has 0 aromatic heterocycles. The predicted molar refractivity (Wildman–Crippen MR) is 121 cm³/mol. The predicted octanol–water partition coefficient (Wildman–Crippen LogP) is 5.47. The highest BCUT2D eigenvalue weighted by Gasteiger charge is 2.37. The van der Waals surface area contributed by atoms with Crippen LogP contribution in [0.3, 0.4) is 0 Å². The molecule has 29 heavy (non-hydrogen) atoms. The minimum atomic E-state index is -0.775. The summed E-state index contributed by atoms with van der Waals surface area (Å²) >= 11 is 0. The summed E-state index contributed by atoms with van der Waals surface area (Å²) in [5, 5.41) is 3.14. The Bertz CT molecular complexity index is 861. The van der Waals surface area contributed by atoms with E-state index in [9.17, 15) is 4.79 Å². The summed E-state index contributed by atoms with van der Waals surface area (Å²) in [6.07, 6.45) is 0. The van der Waals surface area contributed by atoms with Gasteiger partial charge in [0.25, 0.3) is 0 Å². The first kappa shape index (κ1) is 20.8. The molecule has 3 heteroatoms. The van der Waals surface area contributed by atoms with Crippen LogP contribution in [0.25, 0.3) is 0 Å². The van der Waals surface area contributed by atoms with Crippen LogP contribution in [-0.2, 0) is 16.8 Å². The van der Waals surface area contributed by atoms with Gasteiger partial charge in [0.15, 0.2) is 0 Å². The Morgan fingerprint density at radius 1 is 0.793 bits per heavy atom. The lowest BCUT2D eigenvalue weighted by Crippen LogP contribution is -2.38. The largest absolute Gasteiger partial charge is 0.325 e. The molecule has 0 aliphatic rings. The van der Waals surface area contributed by atoms with Crippen LogP contribution in [-0.4, -0.2) is 23.9 Å². The van der Waals surface area contributed by atoms with Gasteiger partial charge in [-0.3, -0.25) is 9.69 Å². The van der Waals surface area contributed by atoms with E-state index >= 15 is 0 Å². The van der Waals surface area contributed by atoms with Crippen molar-refractivity contribution >= 4 is 11.6 Å². The van der Waals surface area contributed by atoms with Crippen molar-refractivity contribution < 1.29 is 4.79 Å². The summed E-state index contributed by atoms with van der Waals surface area (Å²) in [6.45, 7) is 9.32. The zero-order valence-electron chi connectivity index (χ0n) is 17.6. The number of hydrogen-bond donors (Lipinski definition) is 1. The number of hydrogen-bond acceptors (Lipinski definition) is 2. The number of benzene rings is 3. The summed E-state index contributed by atoms with van der Waals surface area (Å²) in [4.78, 5) is 15.8. The second-order valence-electron chi connectivity index (χ2n) is 7.47. The van der Waals surface area contributed by atoms with Crippen molar-refractivity contribution in [2.24, 2.45) is 0 Å². The number of rotatable bonds is 8. The highest BCUT2D eigenvalue weighted by atomic mass is 16.2. The van der Waals surface area contributed by atoms with Crippen molar-refractivity contribution in [3.63, 3.8) is 0 Å². The fourth-order valence-corrected chi connectivity index (χ4v) is 3.63. The average molecular weight is 387 g/mol. The van der Waals surface area contributed by atoms with Gasteiger partial charge >= 0.3 is 0 Å². The molecule has 0 atom stereocenters. The Hall–Kier alpha value is -2.91. The smallest absolute Gasteiger partial charge is 0.239 e. The number of carbonyl (C=O) groups is 1. The van der Waals surface area contributed by atoms with Gasteiger partial charge in [-0.25, -0.2) is 0 Å². The minimum Gasteiger partial charge on any atom is -0.325 e. The van der Waals surface area contributed by atoms with Crippen LogP contribution in [0.4, 0.5) is 5.69 Å². The first-order valence-electron chi connectivity index (χ1n) is 10.3. The second-order valence-corrected chi connectivity index (χ2v) is 7.47. The fourth-order valence-electron chi connectivity index (χ4n) is 3.63. The van der Waals surface area contributed by atoms with Crippen molar-refractivity contribution in [2.75, 3.05) is 18.4 Å². The van der Waals surface area contributed by atoms with Gasteiger partial charge in [-0.15, -0.1) is 0 Å². The maximum Gasteiger partial charge on any atom is 0.239 e. The molecule has 1 amide bonds. The van der Waals surface area contributed by atoms with Crippen LogP contribution >= 0.6 is 0 Å². The number of carbonyl (C=O) groups excluding carboxylic acids is 1. The van der Waals surface area contributed by atoms with E-state index in [1.54, 1.807) is 0 Å². The third-order valence-corrected chi connectivity index (χ3v) is 5.67. The number of nitrogens with zero attached hydrogens (tertiary/aromatic N) is 1. The van der Waals surface area contributed by atoms with E-state index in [1.807, 2.05) is 79.7 Å². The molecule has 0 radical (unpaired) electrons. The molecule has 0 saturated heterocycles. The summed E-state index contributed by atoms with van der Waals surface area (Å²) in [7, 11) is 0. The third kappa shape index (κ3) is 4.75. The monoisotopic (exact) mass is 386 g/mol. The summed E-state index contributed by atoms with van der Waals surface area (Å²) in [5.41, 5.74) is 3.24. The van der Waals surface area contributed by atoms with E-state index < -0.39 is 5.41 Å². The summed E-state index contributed by atoms with van der Waals surface area (Å²) in [5.74, 6) is -0.0357. The molecule has 0 fully saturated rings. The zero-order valence-corrected chi connectivity index (χ0v) is 17.6. The molecule has 3 nitrogen and oxygen atoms in total. The SMILES string of the molecule is CCN(CC)Cc1ccc(NC(=O)C(C)(c2ccccc2)c2ccccc2)cc1. The normalized spacial score (nSPS) is 11.4. The molecular weight excluding hydrogens is 356 g/mol. The average Bonchev–Trinajstić information content (AvgIpc) is 2.79. The topological polar surface area (TPSA) is 32.3 Å². The van der Waals surface area contributed by atoms with Gasteiger partial charge in [0.2, 0.25) is 5.91 Å². The van der Waals surface area contributed by atoms with Crippen LogP contribution in [0.5, 0.6) is 0 Å². The van der Waals surface area contributed by atoms with Crippen molar-refractivity contribution in [3.8, 4) is 0 Å². The fraction of sp³-hybridized carbons (Fsp3) is 0.269. The Balaban J connectivity index is 1.84. The maximum atomic E-state index is 13.5. The van der Waals surface area contributed by atoms with E-state index in [4.69, 9.17) is 0 Å². The third-order valence-electron chi connectivity index (χ3n) is 5.67. The molecule has 3 rings (SSSR count). The quantitative estimate of drug-likeness (QED) is 0.556. The molecule has 0 spiro atoms. The molecule has 0 aliphatic heterocycles. The van der Waals surface area contributed by atoms with Gasteiger partial charge < -0.3 is 5.32 Å². The molecule has 0 heterocycles. The molecule has 0 aliphatic carbocycles. The van der Waals surface area contributed by atoms with Gasteiger partial charge in [0.05, 0.1) is 5.41 Å². The number of anilines is 1.